The van der Waals surface area contributed by atoms with E-state index in [4.69, 9.17) is 4.74 Å². The van der Waals surface area contributed by atoms with Gasteiger partial charge in [-0.15, -0.1) is 0 Å². The predicted molar refractivity (Wildman–Crippen MR) is 124 cm³/mol. The lowest BCUT2D eigenvalue weighted by molar-refractivity contribution is -0.118. The van der Waals surface area contributed by atoms with Crippen molar-refractivity contribution >= 4 is 29.0 Å². The zero-order valence-electron chi connectivity index (χ0n) is 18.2. The lowest BCUT2D eigenvalue weighted by Crippen LogP contribution is -2.18. The van der Waals surface area contributed by atoms with E-state index in [1.165, 1.54) is 0 Å². The van der Waals surface area contributed by atoms with Crippen LogP contribution in [0, 0.1) is 17.2 Å². The highest BCUT2D eigenvalue weighted by molar-refractivity contribution is 5.93. The number of carbonyl (C=O) groups excluding carboxylic acids is 1. The van der Waals surface area contributed by atoms with E-state index in [0.717, 1.165) is 11.3 Å². The maximum atomic E-state index is 12.0. The second-order valence-corrected chi connectivity index (χ2v) is 7.26. The fraction of sp³-hybridized carbons (Fsp3) is 0.261. The SMILES string of the molecule is COCCNc1cc(Nc2nccc(-c3ccc(NC(=O)C(C)C)c(C#N)c3)n2)ccn1. The van der Waals surface area contributed by atoms with E-state index in [0.29, 0.717) is 41.9 Å². The van der Waals surface area contributed by atoms with Crippen LogP contribution in [0.15, 0.2) is 48.8 Å². The van der Waals surface area contributed by atoms with Crippen LogP contribution in [0.1, 0.15) is 19.4 Å². The molecule has 0 spiro atoms. The minimum atomic E-state index is -0.180. The third-order valence-electron chi connectivity index (χ3n) is 4.50. The van der Waals surface area contributed by atoms with E-state index in [1.807, 2.05) is 18.2 Å². The lowest BCUT2D eigenvalue weighted by Gasteiger charge is -2.11. The Balaban J connectivity index is 1.78. The molecular formula is C23H25N7O2. The molecule has 0 aliphatic heterocycles. The van der Waals surface area contributed by atoms with Gasteiger partial charge in [0.05, 0.1) is 23.6 Å². The minimum Gasteiger partial charge on any atom is -0.383 e. The van der Waals surface area contributed by atoms with E-state index < -0.39 is 0 Å². The summed E-state index contributed by atoms with van der Waals surface area (Å²) in [5.41, 5.74) is 3.01. The Bertz CT molecular complexity index is 1130. The molecule has 9 nitrogen and oxygen atoms in total. The Morgan fingerprint density at radius 2 is 1.97 bits per heavy atom. The molecule has 1 aromatic carbocycles. The van der Waals surface area contributed by atoms with Gasteiger partial charge in [-0.05, 0) is 24.3 Å². The van der Waals surface area contributed by atoms with Crippen LogP contribution in [-0.2, 0) is 9.53 Å². The number of methoxy groups -OCH3 is 1. The zero-order chi connectivity index (χ0) is 22.9. The van der Waals surface area contributed by atoms with Crippen LogP contribution in [0.5, 0.6) is 0 Å². The number of carbonyl (C=O) groups is 1. The molecule has 1 amide bonds. The van der Waals surface area contributed by atoms with Gasteiger partial charge in [-0.3, -0.25) is 4.79 Å². The quantitative estimate of drug-likeness (QED) is 0.437. The van der Waals surface area contributed by atoms with Crippen molar-refractivity contribution in [2.75, 3.05) is 36.2 Å². The molecule has 3 aromatic rings. The number of aromatic nitrogens is 3. The molecule has 0 atom stereocenters. The maximum Gasteiger partial charge on any atom is 0.227 e. The summed E-state index contributed by atoms with van der Waals surface area (Å²) in [5, 5.41) is 18.6. The predicted octanol–water partition coefficient (Wildman–Crippen LogP) is 3.81. The molecule has 0 saturated carbocycles. The van der Waals surface area contributed by atoms with Crippen molar-refractivity contribution in [1.82, 2.24) is 15.0 Å². The maximum absolute atomic E-state index is 12.0. The Hall–Kier alpha value is -4.03. The summed E-state index contributed by atoms with van der Waals surface area (Å²) >= 11 is 0. The van der Waals surface area contributed by atoms with Crippen molar-refractivity contribution in [3.63, 3.8) is 0 Å². The van der Waals surface area contributed by atoms with Crippen LogP contribution in [0.25, 0.3) is 11.3 Å². The Labute approximate surface area is 186 Å². The molecule has 0 unspecified atom stereocenters. The van der Waals surface area contributed by atoms with E-state index in [9.17, 15) is 10.1 Å². The summed E-state index contributed by atoms with van der Waals surface area (Å²) in [6.07, 6.45) is 3.33. The number of nitriles is 1. The van der Waals surface area contributed by atoms with Crippen molar-refractivity contribution in [1.29, 1.82) is 5.26 Å². The monoisotopic (exact) mass is 431 g/mol. The molecule has 32 heavy (non-hydrogen) atoms. The second kappa shape index (κ2) is 10.8. The Morgan fingerprint density at radius 1 is 1.16 bits per heavy atom. The molecule has 0 aliphatic rings. The first-order chi connectivity index (χ1) is 15.5. The molecular weight excluding hydrogens is 406 g/mol. The molecule has 0 saturated heterocycles. The topological polar surface area (TPSA) is 125 Å². The molecule has 9 heteroatoms. The summed E-state index contributed by atoms with van der Waals surface area (Å²) < 4.78 is 5.03. The summed E-state index contributed by atoms with van der Waals surface area (Å²) in [5.74, 6) is 0.796. The first-order valence-corrected chi connectivity index (χ1v) is 10.1. The number of hydrogen-bond acceptors (Lipinski definition) is 8. The molecule has 164 valence electrons. The summed E-state index contributed by atoms with van der Waals surface area (Å²) in [7, 11) is 1.65. The number of hydrogen-bond donors (Lipinski definition) is 3. The zero-order valence-corrected chi connectivity index (χ0v) is 18.2. The third-order valence-corrected chi connectivity index (χ3v) is 4.50. The van der Waals surface area contributed by atoms with Gasteiger partial charge < -0.3 is 20.7 Å². The van der Waals surface area contributed by atoms with Crippen LogP contribution in [0.2, 0.25) is 0 Å². The van der Waals surface area contributed by atoms with Crippen molar-refractivity contribution in [2.45, 2.75) is 13.8 Å². The van der Waals surface area contributed by atoms with Crippen molar-refractivity contribution in [2.24, 2.45) is 5.92 Å². The van der Waals surface area contributed by atoms with Gasteiger partial charge in [-0.2, -0.15) is 5.26 Å². The average Bonchev–Trinajstić information content (AvgIpc) is 2.80. The third kappa shape index (κ3) is 6.00. The van der Waals surface area contributed by atoms with Gasteiger partial charge in [0.15, 0.2) is 0 Å². The van der Waals surface area contributed by atoms with Gasteiger partial charge in [-0.1, -0.05) is 19.9 Å². The summed E-state index contributed by atoms with van der Waals surface area (Å²) in [6.45, 7) is 4.82. The molecule has 2 heterocycles. The molecule has 0 fully saturated rings. The van der Waals surface area contributed by atoms with Crippen molar-refractivity contribution in [3.05, 3.63) is 54.4 Å². The molecule has 3 rings (SSSR count). The first-order valence-electron chi connectivity index (χ1n) is 10.1. The normalized spacial score (nSPS) is 10.5. The second-order valence-electron chi connectivity index (χ2n) is 7.26. The van der Waals surface area contributed by atoms with Crippen LogP contribution < -0.4 is 16.0 Å². The number of amides is 1. The highest BCUT2D eigenvalue weighted by atomic mass is 16.5. The van der Waals surface area contributed by atoms with E-state index in [2.05, 4.69) is 37.0 Å². The highest BCUT2D eigenvalue weighted by Crippen LogP contribution is 2.25. The Kier molecular flexibility index (Phi) is 7.67. The number of rotatable bonds is 9. The number of pyridine rings is 1. The number of benzene rings is 1. The number of nitrogens with one attached hydrogen (secondary N) is 3. The number of anilines is 4. The minimum absolute atomic E-state index is 0.142. The average molecular weight is 432 g/mol. The van der Waals surface area contributed by atoms with Gasteiger partial charge >= 0.3 is 0 Å². The molecule has 0 radical (unpaired) electrons. The van der Waals surface area contributed by atoms with Crippen molar-refractivity contribution < 1.29 is 9.53 Å². The molecule has 3 N–H and O–H groups in total. The van der Waals surface area contributed by atoms with Crippen LogP contribution in [0.4, 0.5) is 23.1 Å². The number of nitrogens with zero attached hydrogens (tertiary/aromatic N) is 4. The van der Waals surface area contributed by atoms with Gasteiger partial charge in [0, 0.05) is 49.3 Å². The fourth-order valence-corrected chi connectivity index (χ4v) is 2.78. The van der Waals surface area contributed by atoms with Crippen LogP contribution in [0.3, 0.4) is 0 Å². The van der Waals surface area contributed by atoms with E-state index >= 15 is 0 Å². The van der Waals surface area contributed by atoms with Gasteiger partial charge in [-0.25, -0.2) is 15.0 Å². The van der Waals surface area contributed by atoms with Crippen LogP contribution in [-0.4, -0.2) is 41.1 Å². The lowest BCUT2D eigenvalue weighted by atomic mass is 10.1. The summed E-state index contributed by atoms with van der Waals surface area (Å²) in [6, 6.07) is 12.8. The van der Waals surface area contributed by atoms with Crippen LogP contribution >= 0.6 is 0 Å². The number of ether oxygens (including phenoxy) is 1. The van der Waals surface area contributed by atoms with E-state index in [-0.39, 0.29) is 11.8 Å². The van der Waals surface area contributed by atoms with Gasteiger partial charge in [0.25, 0.3) is 0 Å². The van der Waals surface area contributed by atoms with Gasteiger partial charge in [0.2, 0.25) is 11.9 Å². The smallest absolute Gasteiger partial charge is 0.227 e. The largest absolute Gasteiger partial charge is 0.383 e. The highest BCUT2D eigenvalue weighted by Gasteiger charge is 2.12. The molecule has 0 aliphatic carbocycles. The molecule has 0 bridgehead atoms. The summed E-state index contributed by atoms with van der Waals surface area (Å²) in [4.78, 5) is 25.1. The van der Waals surface area contributed by atoms with Gasteiger partial charge in [0.1, 0.15) is 11.9 Å². The fourth-order valence-electron chi connectivity index (χ4n) is 2.78. The Morgan fingerprint density at radius 3 is 2.72 bits per heavy atom. The standard InChI is InChI=1S/C23H25N7O2/c1-15(2)22(31)29-19-5-4-16(12-17(19)14-24)20-7-9-27-23(30-20)28-18-6-8-25-21(13-18)26-10-11-32-3/h4-9,12-13,15H,10-11H2,1-3H3,(H,29,31)(H2,25,26,27,28,30). The van der Waals surface area contributed by atoms with E-state index in [1.54, 1.807) is 51.6 Å². The van der Waals surface area contributed by atoms with Crippen molar-refractivity contribution in [3.8, 4) is 17.3 Å². The molecule has 2 aromatic heterocycles. The first kappa shape index (κ1) is 22.7.